The number of aromatic nitrogens is 2. The van der Waals surface area contributed by atoms with Gasteiger partial charge in [0.15, 0.2) is 5.78 Å². The van der Waals surface area contributed by atoms with Gasteiger partial charge in [0.25, 0.3) is 0 Å². The number of aryl methyl sites for hydroxylation is 1. The molecule has 0 N–H and O–H groups in total. The van der Waals surface area contributed by atoms with Crippen LogP contribution in [0.15, 0.2) is 6.20 Å². The van der Waals surface area contributed by atoms with Gasteiger partial charge in [-0.1, -0.05) is 0 Å². The molecule has 2 rings (SSSR count). The summed E-state index contributed by atoms with van der Waals surface area (Å²) >= 11 is 0. The summed E-state index contributed by atoms with van der Waals surface area (Å²) in [4.78, 5) is 15.4. The molecule has 1 aromatic rings. The molecule has 1 saturated heterocycles. The number of ether oxygens (including phenoxy) is 1. The van der Waals surface area contributed by atoms with E-state index < -0.39 is 0 Å². The highest BCUT2D eigenvalue weighted by Gasteiger charge is 2.17. The van der Waals surface area contributed by atoms with Crippen molar-refractivity contribution in [1.29, 1.82) is 0 Å². The number of Topliss-reactive ketones (excluding diaryl/α,β-unsaturated/α-hetero) is 1. The van der Waals surface area contributed by atoms with Crippen molar-refractivity contribution in [3.8, 4) is 0 Å². The Labute approximate surface area is 89.3 Å². The van der Waals surface area contributed by atoms with Gasteiger partial charge in [0.2, 0.25) is 0 Å². The molecule has 0 aromatic carbocycles. The summed E-state index contributed by atoms with van der Waals surface area (Å²) in [6.07, 6.45) is 4.35. The van der Waals surface area contributed by atoms with Crippen LogP contribution in [0.3, 0.4) is 0 Å². The van der Waals surface area contributed by atoms with Crippen LogP contribution < -0.4 is 0 Å². The highest BCUT2D eigenvalue weighted by atomic mass is 16.5. The van der Waals surface area contributed by atoms with Crippen molar-refractivity contribution in [3.63, 3.8) is 0 Å². The summed E-state index contributed by atoms with van der Waals surface area (Å²) in [7, 11) is 0. The molecule has 0 aliphatic carbocycles. The molecule has 0 saturated carbocycles. The fraction of sp³-hybridized carbons (Fsp3) is 0.636. The van der Waals surface area contributed by atoms with Gasteiger partial charge in [0, 0.05) is 19.7 Å². The standard InChI is InChI=1S/C11H16N2O2/c1-8(14)11-7-13(9(2)12-11)6-10-4-3-5-15-10/h7,10H,3-6H2,1-2H3. The van der Waals surface area contributed by atoms with E-state index >= 15 is 0 Å². The molecule has 0 radical (unpaired) electrons. The Hall–Kier alpha value is -1.16. The van der Waals surface area contributed by atoms with Gasteiger partial charge < -0.3 is 9.30 Å². The second-order valence-corrected chi connectivity index (χ2v) is 4.02. The summed E-state index contributed by atoms with van der Waals surface area (Å²) in [6.45, 7) is 5.13. The lowest BCUT2D eigenvalue weighted by atomic mass is 10.2. The largest absolute Gasteiger partial charge is 0.376 e. The molecule has 1 fully saturated rings. The number of carbonyl (C=O) groups is 1. The second kappa shape index (κ2) is 4.14. The maximum absolute atomic E-state index is 11.1. The summed E-state index contributed by atoms with van der Waals surface area (Å²) < 4.78 is 7.55. The molecule has 0 bridgehead atoms. The van der Waals surface area contributed by atoms with Crippen molar-refractivity contribution < 1.29 is 9.53 Å². The first-order valence-electron chi connectivity index (χ1n) is 5.33. The van der Waals surface area contributed by atoms with Crippen LogP contribution in [0, 0.1) is 6.92 Å². The van der Waals surface area contributed by atoms with Gasteiger partial charge in [-0.25, -0.2) is 4.98 Å². The van der Waals surface area contributed by atoms with Gasteiger partial charge in [-0.05, 0) is 19.8 Å². The average molecular weight is 208 g/mol. The second-order valence-electron chi connectivity index (χ2n) is 4.02. The van der Waals surface area contributed by atoms with E-state index in [1.165, 1.54) is 6.92 Å². The zero-order valence-electron chi connectivity index (χ0n) is 9.19. The van der Waals surface area contributed by atoms with Crippen LogP contribution in [0.1, 0.15) is 36.1 Å². The molecule has 1 aliphatic rings. The number of hydrogen-bond donors (Lipinski definition) is 0. The lowest BCUT2D eigenvalue weighted by Crippen LogP contribution is -2.15. The van der Waals surface area contributed by atoms with Crippen molar-refractivity contribution in [1.82, 2.24) is 9.55 Å². The molecule has 15 heavy (non-hydrogen) atoms. The maximum atomic E-state index is 11.1. The van der Waals surface area contributed by atoms with Crippen molar-refractivity contribution in [3.05, 3.63) is 17.7 Å². The third kappa shape index (κ3) is 2.26. The first-order valence-corrected chi connectivity index (χ1v) is 5.33. The van der Waals surface area contributed by atoms with Gasteiger partial charge in [-0.3, -0.25) is 4.79 Å². The van der Waals surface area contributed by atoms with Gasteiger partial charge in [-0.2, -0.15) is 0 Å². The Morgan fingerprint density at radius 3 is 3.07 bits per heavy atom. The highest BCUT2D eigenvalue weighted by molar-refractivity contribution is 5.91. The molecule has 0 amide bonds. The van der Waals surface area contributed by atoms with Gasteiger partial charge in [0.05, 0.1) is 12.6 Å². The molecule has 4 nitrogen and oxygen atoms in total. The fourth-order valence-corrected chi connectivity index (χ4v) is 1.87. The summed E-state index contributed by atoms with van der Waals surface area (Å²) in [5.74, 6) is 0.903. The Balaban J connectivity index is 2.10. The maximum Gasteiger partial charge on any atom is 0.179 e. The van der Waals surface area contributed by atoms with Crippen LogP contribution in [0.4, 0.5) is 0 Å². The number of ketones is 1. The number of nitrogens with zero attached hydrogens (tertiary/aromatic N) is 2. The molecule has 2 heterocycles. The number of rotatable bonds is 3. The minimum atomic E-state index is 0.0178. The predicted octanol–water partition coefficient (Wildman–Crippen LogP) is 1.57. The third-order valence-electron chi connectivity index (χ3n) is 2.76. The predicted molar refractivity (Wildman–Crippen MR) is 55.9 cm³/mol. The van der Waals surface area contributed by atoms with E-state index in [4.69, 9.17) is 4.74 Å². The monoisotopic (exact) mass is 208 g/mol. The molecular weight excluding hydrogens is 192 g/mol. The molecule has 1 atom stereocenters. The average Bonchev–Trinajstić information content (AvgIpc) is 2.77. The van der Waals surface area contributed by atoms with Gasteiger partial charge in [0.1, 0.15) is 11.5 Å². The van der Waals surface area contributed by atoms with E-state index in [0.717, 1.165) is 31.8 Å². The first-order chi connectivity index (χ1) is 7.16. The fourth-order valence-electron chi connectivity index (χ4n) is 1.87. The van der Waals surface area contributed by atoms with Crippen LogP contribution >= 0.6 is 0 Å². The van der Waals surface area contributed by atoms with Crippen LogP contribution in [0.2, 0.25) is 0 Å². The molecule has 1 unspecified atom stereocenters. The van der Waals surface area contributed by atoms with Crippen LogP contribution in [0.5, 0.6) is 0 Å². The zero-order valence-corrected chi connectivity index (χ0v) is 9.19. The highest BCUT2D eigenvalue weighted by Crippen LogP contribution is 2.15. The topological polar surface area (TPSA) is 44.1 Å². The van der Waals surface area contributed by atoms with E-state index in [1.54, 1.807) is 0 Å². The minimum absolute atomic E-state index is 0.0178. The van der Waals surface area contributed by atoms with E-state index in [9.17, 15) is 4.79 Å². The Morgan fingerprint density at radius 1 is 1.73 bits per heavy atom. The lowest BCUT2D eigenvalue weighted by molar-refractivity contribution is 0.0961. The van der Waals surface area contributed by atoms with E-state index in [2.05, 4.69) is 4.98 Å². The summed E-state index contributed by atoms with van der Waals surface area (Å²) in [5.41, 5.74) is 0.547. The molecule has 0 spiro atoms. The van der Waals surface area contributed by atoms with Crippen LogP contribution in [-0.4, -0.2) is 28.0 Å². The van der Waals surface area contributed by atoms with Crippen molar-refractivity contribution in [2.24, 2.45) is 0 Å². The SMILES string of the molecule is CC(=O)c1cn(CC2CCCO2)c(C)n1. The van der Waals surface area contributed by atoms with Crippen molar-refractivity contribution in [2.45, 2.75) is 39.3 Å². The number of carbonyl (C=O) groups excluding carboxylic acids is 1. The normalized spacial score (nSPS) is 20.8. The smallest absolute Gasteiger partial charge is 0.179 e. The van der Waals surface area contributed by atoms with Gasteiger partial charge in [-0.15, -0.1) is 0 Å². The van der Waals surface area contributed by atoms with E-state index in [-0.39, 0.29) is 11.9 Å². The Morgan fingerprint density at radius 2 is 2.53 bits per heavy atom. The van der Waals surface area contributed by atoms with E-state index in [0.29, 0.717) is 5.69 Å². The zero-order chi connectivity index (χ0) is 10.8. The summed E-state index contributed by atoms with van der Waals surface area (Å²) in [6, 6.07) is 0. The van der Waals surface area contributed by atoms with Crippen molar-refractivity contribution in [2.75, 3.05) is 6.61 Å². The minimum Gasteiger partial charge on any atom is -0.376 e. The molecule has 1 aromatic heterocycles. The number of imidazole rings is 1. The third-order valence-corrected chi connectivity index (χ3v) is 2.76. The number of hydrogen-bond acceptors (Lipinski definition) is 3. The lowest BCUT2D eigenvalue weighted by Gasteiger charge is -2.10. The quantitative estimate of drug-likeness (QED) is 0.708. The Kier molecular flexibility index (Phi) is 2.86. The molecular formula is C11H16N2O2. The van der Waals surface area contributed by atoms with Crippen LogP contribution in [0.25, 0.3) is 0 Å². The van der Waals surface area contributed by atoms with Crippen LogP contribution in [-0.2, 0) is 11.3 Å². The van der Waals surface area contributed by atoms with Gasteiger partial charge >= 0.3 is 0 Å². The van der Waals surface area contributed by atoms with Crippen molar-refractivity contribution >= 4 is 5.78 Å². The molecule has 82 valence electrons. The summed E-state index contributed by atoms with van der Waals surface area (Å²) in [5, 5.41) is 0. The molecule has 1 aliphatic heterocycles. The van der Waals surface area contributed by atoms with E-state index in [1.807, 2.05) is 17.7 Å². The molecule has 4 heteroatoms. The first kappa shape index (κ1) is 10.4. The Bertz CT molecular complexity index is 365.